The van der Waals surface area contributed by atoms with Gasteiger partial charge in [0, 0.05) is 11.9 Å². The minimum absolute atomic E-state index is 0.0851. The summed E-state index contributed by atoms with van der Waals surface area (Å²) in [6.07, 6.45) is 1.92. The predicted molar refractivity (Wildman–Crippen MR) is 72.9 cm³/mol. The minimum Gasteiger partial charge on any atom is -0.284 e. The molecule has 1 aliphatic heterocycles. The first-order chi connectivity index (χ1) is 8.81. The number of aromatic nitrogens is 2. The second-order valence-corrected chi connectivity index (χ2v) is 4.72. The molecule has 2 heterocycles. The van der Waals surface area contributed by atoms with Crippen LogP contribution in [-0.4, -0.2) is 45.5 Å². The molecule has 1 aliphatic rings. The maximum absolute atomic E-state index is 12.4. The summed E-state index contributed by atoms with van der Waals surface area (Å²) in [5.74, 6) is -0.0851. The fraction of sp³-hybridized carbons (Fsp3) is 0.250. The highest BCUT2D eigenvalue weighted by molar-refractivity contribution is 8.13. The molecule has 0 fully saturated rings. The van der Waals surface area contributed by atoms with Crippen molar-refractivity contribution >= 4 is 33.7 Å². The number of para-hydroxylation sites is 1. The average molecular weight is 260 g/mol. The summed E-state index contributed by atoms with van der Waals surface area (Å²) < 4.78 is 0. The lowest BCUT2D eigenvalue weighted by atomic mass is 10.2. The molecule has 1 amide bonds. The van der Waals surface area contributed by atoms with Crippen molar-refractivity contribution < 1.29 is 4.79 Å². The Hall–Kier alpha value is -1.82. The summed E-state index contributed by atoms with van der Waals surface area (Å²) in [7, 11) is 0. The number of carbonyl (C=O) groups is 1. The van der Waals surface area contributed by atoms with Gasteiger partial charge in [0.15, 0.2) is 10.9 Å². The standard InChI is InChI=1S/C12H12N4OS/c1-18-12-13-6-7-16(12)11(17)10-8-4-2-3-5-9(8)14-15-10/h2-5H,6-7H2,1H3,(H,14,15). The number of thioether (sulfide) groups is 1. The zero-order chi connectivity index (χ0) is 12.5. The van der Waals surface area contributed by atoms with Crippen LogP contribution in [0.15, 0.2) is 29.3 Å². The molecule has 0 saturated heterocycles. The van der Waals surface area contributed by atoms with Crippen molar-refractivity contribution in [1.29, 1.82) is 0 Å². The SMILES string of the molecule is CSC1=NCCN1C(=O)c1n[nH]c2ccccc12. The van der Waals surface area contributed by atoms with Crippen molar-refractivity contribution in [3.63, 3.8) is 0 Å². The number of amides is 1. The van der Waals surface area contributed by atoms with Crippen molar-refractivity contribution in [2.45, 2.75) is 0 Å². The first-order valence-electron chi connectivity index (χ1n) is 5.64. The van der Waals surface area contributed by atoms with Gasteiger partial charge in [-0.3, -0.25) is 19.8 Å². The predicted octanol–water partition coefficient (Wildman–Crippen LogP) is 1.74. The van der Waals surface area contributed by atoms with Crippen LogP contribution >= 0.6 is 11.8 Å². The number of amidine groups is 1. The Kier molecular flexibility index (Phi) is 2.79. The zero-order valence-corrected chi connectivity index (χ0v) is 10.7. The molecule has 0 atom stereocenters. The van der Waals surface area contributed by atoms with E-state index in [1.165, 1.54) is 11.8 Å². The highest BCUT2D eigenvalue weighted by Gasteiger charge is 2.27. The minimum atomic E-state index is -0.0851. The number of hydrogen-bond acceptors (Lipinski definition) is 4. The lowest BCUT2D eigenvalue weighted by Crippen LogP contribution is -2.33. The van der Waals surface area contributed by atoms with E-state index in [0.29, 0.717) is 18.8 Å². The zero-order valence-electron chi connectivity index (χ0n) is 9.88. The monoisotopic (exact) mass is 260 g/mol. The second kappa shape index (κ2) is 4.45. The third-order valence-electron chi connectivity index (χ3n) is 2.90. The molecule has 0 unspecified atom stereocenters. The van der Waals surface area contributed by atoms with Crippen LogP contribution in [0.2, 0.25) is 0 Å². The van der Waals surface area contributed by atoms with Gasteiger partial charge in [-0.2, -0.15) is 5.10 Å². The van der Waals surface area contributed by atoms with Crippen molar-refractivity contribution in [2.24, 2.45) is 4.99 Å². The normalized spacial score (nSPS) is 15.2. The van der Waals surface area contributed by atoms with Crippen molar-refractivity contribution in [2.75, 3.05) is 19.3 Å². The molecular formula is C12H12N4OS. The first-order valence-corrected chi connectivity index (χ1v) is 6.87. The molecule has 92 valence electrons. The van der Waals surface area contributed by atoms with Gasteiger partial charge in [0.1, 0.15) is 0 Å². The molecule has 6 heteroatoms. The van der Waals surface area contributed by atoms with Gasteiger partial charge in [-0.25, -0.2) is 0 Å². The van der Waals surface area contributed by atoms with Gasteiger partial charge in [-0.15, -0.1) is 0 Å². The van der Waals surface area contributed by atoms with Crippen LogP contribution < -0.4 is 0 Å². The molecule has 0 bridgehead atoms. The van der Waals surface area contributed by atoms with Crippen LogP contribution in [0.5, 0.6) is 0 Å². The van der Waals surface area contributed by atoms with E-state index in [1.54, 1.807) is 4.90 Å². The maximum Gasteiger partial charge on any atom is 0.281 e. The van der Waals surface area contributed by atoms with Crippen LogP contribution in [0.3, 0.4) is 0 Å². The summed E-state index contributed by atoms with van der Waals surface area (Å²) in [5.41, 5.74) is 1.34. The Morgan fingerprint density at radius 1 is 1.44 bits per heavy atom. The Balaban J connectivity index is 2.00. The van der Waals surface area contributed by atoms with Crippen molar-refractivity contribution in [3.05, 3.63) is 30.0 Å². The van der Waals surface area contributed by atoms with E-state index in [-0.39, 0.29) is 5.91 Å². The van der Waals surface area contributed by atoms with E-state index in [1.807, 2.05) is 30.5 Å². The van der Waals surface area contributed by atoms with Gasteiger partial charge in [0.05, 0.1) is 12.1 Å². The van der Waals surface area contributed by atoms with E-state index in [2.05, 4.69) is 15.2 Å². The van der Waals surface area contributed by atoms with E-state index < -0.39 is 0 Å². The van der Waals surface area contributed by atoms with Crippen LogP contribution in [0, 0.1) is 0 Å². The van der Waals surface area contributed by atoms with E-state index in [9.17, 15) is 4.79 Å². The molecule has 2 aromatic rings. The van der Waals surface area contributed by atoms with Crippen LogP contribution in [0.1, 0.15) is 10.5 Å². The maximum atomic E-state index is 12.4. The molecule has 1 aromatic heterocycles. The highest BCUT2D eigenvalue weighted by atomic mass is 32.2. The molecule has 0 saturated carbocycles. The molecule has 5 nitrogen and oxygen atoms in total. The Labute approximate surface area is 108 Å². The van der Waals surface area contributed by atoms with E-state index >= 15 is 0 Å². The highest BCUT2D eigenvalue weighted by Crippen LogP contribution is 2.20. The van der Waals surface area contributed by atoms with Crippen molar-refractivity contribution in [1.82, 2.24) is 15.1 Å². The molecule has 1 aromatic carbocycles. The van der Waals surface area contributed by atoms with Gasteiger partial charge in [0.2, 0.25) is 0 Å². The fourth-order valence-electron chi connectivity index (χ4n) is 2.04. The molecule has 0 radical (unpaired) electrons. The summed E-state index contributed by atoms with van der Waals surface area (Å²) in [5, 5.41) is 8.64. The first kappa shape index (κ1) is 11.3. The topological polar surface area (TPSA) is 61.4 Å². The molecule has 3 rings (SSSR count). The van der Waals surface area contributed by atoms with Gasteiger partial charge in [-0.1, -0.05) is 30.0 Å². The van der Waals surface area contributed by atoms with Crippen LogP contribution in [0.4, 0.5) is 0 Å². The summed E-state index contributed by atoms with van der Waals surface area (Å²) >= 11 is 1.49. The third-order valence-corrected chi connectivity index (χ3v) is 3.62. The number of nitrogens with one attached hydrogen (secondary N) is 1. The van der Waals surface area contributed by atoms with Gasteiger partial charge in [-0.05, 0) is 12.3 Å². The molecular weight excluding hydrogens is 248 g/mol. The number of nitrogens with zero attached hydrogens (tertiary/aromatic N) is 3. The number of aromatic amines is 1. The number of carbonyl (C=O) groups excluding carboxylic acids is 1. The van der Waals surface area contributed by atoms with Crippen LogP contribution in [-0.2, 0) is 0 Å². The number of H-pyrrole nitrogens is 1. The summed E-state index contributed by atoms with van der Waals surface area (Å²) in [4.78, 5) is 18.4. The van der Waals surface area contributed by atoms with E-state index in [4.69, 9.17) is 0 Å². The van der Waals surface area contributed by atoms with Gasteiger partial charge in [0.25, 0.3) is 5.91 Å². The number of rotatable bonds is 1. The van der Waals surface area contributed by atoms with E-state index in [0.717, 1.165) is 16.1 Å². The second-order valence-electron chi connectivity index (χ2n) is 3.94. The van der Waals surface area contributed by atoms with Crippen LogP contribution in [0.25, 0.3) is 10.9 Å². The summed E-state index contributed by atoms with van der Waals surface area (Å²) in [6.45, 7) is 1.31. The Bertz CT molecular complexity index is 634. The number of hydrogen-bond donors (Lipinski definition) is 1. The number of benzene rings is 1. The molecule has 0 aliphatic carbocycles. The van der Waals surface area contributed by atoms with Gasteiger partial charge < -0.3 is 0 Å². The average Bonchev–Trinajstić information content (AvgIpc) is 3.04. The van der Waals surface area contributed by atoms with Gasteiger partial charge >= 0.3 is 0 Å². The van der Waals surface area contributed by atoms with Crippen molar-refractivity contribution in [3.8, 4) is 0 Å². The lowest BCUT2D eigenvalue weighted by molar-refractivity contribution is 0.0857. The fourth-order valence-corrected chi connectivity index (χ4v) is 2.66. The third kappa shape index (κ3) is 1.69. The number of aliphatic imine (C=N–C) groups is 1. The molecule has 1 N–H and O–H groups in total. The Morgan fingerprint density at radius 3 is 3.11 bits per heavy atom. The summed E-state index contributed by atoms with van der Waals surface area (Å²) in [6, 6.07) is 7.63. The molecule has 0 spiro atoms. The quantitative estimate of drug-likeness (QED) is 0.849. The lowest BCUT2D eigenvalue weighted by Gasteiger charge is -2.15. The smallest absolute Gasteiger partial charge is 0.281 e. The Morgan fingerprint density at radius 2 is 2.28 bits per heavy atom. The largest absolute Gasteiger partial charge is 0.284 e. The number of fused-ring (bicyclic) bond motifs is 1. The molecule has 18 heavy (non-hydrogen) atoms.